The van der Waals surface area contributed by atoms with Gasteiger partial charge in [-0.25, -0.2) is 0 Å². The lowest BCUT2D eigenvalue weighted by Gasteiger charge is -2.19. The number of rotatable bonds is 21. The molecule has 0 aliphatic heterocycles. The van der Waals surface area contributed by atoms with Crippen molar-refractivity contribution in [1.82, 2.24) is 29.9 Å². The van der Waals surface area contributed by atoms with Gasteiger partial charge in [0.25, 0.3) is 0 Å². The predicted octanol–water partition coefficient (Wildman–Crippen LogP) is 1.67. The summed E-state index contributed by atoms with van der Waals surface area (Å²) in [5.41, 5.74) is -1.32. The van der Waals surface area contributed by atoms with Crippen molar-refractivity contribution in [2.45, 2.75) is 41.5 Å². The molecule has 0 aromatic carbocycles. The SMILES string of the molecule is CCOP(O)c1nc(OCCOc2nc(P(=O)(OCC)OCC)nc(P(=O)(OCC)OCC)n2)nc([P+](=O)OCC)n1. The summed E-state index contributed by atoms with van der Waals surface area (Å²) in [6.45, 7) is 9.59. The van der Waals surface area contributed by atoms with E-state index in [0.29, 0.717) is 0 Å². The van der Waals surface area contributed by atoms with Gasteiger partial charge in [0.1, 0.15) is 19.8 Å². The quantitative estimate of drug-likeness (QED) is 0.147. The zero-order valence-electron chi connectivity index (χ0n) is 24.1. The maximum absolute atomic E-state index is 13.4. The van der Waals surface area contributed by atoms with E-state index in [0.717, 1.165) is 0 Å². The minimum absolute atomic E-state index is 0.000980. The van der Waals surface area contributed by atoms with Crippen molar-refractivity contribution in [1.29, 1.82) is 0 Å². The van der Waals surface area contributed by atoms with Crippen LogP contribution < -0.4 is 31.7 Å². The molecule has 2 rings (SSSR count). The molecule has 1 N–H and O–H groups in total. The summed E-state index contributed by atoms with van der Waals surface area (Å²) in [5, 5.41) is 0. The zero-order chi connectivity index (χ0) is 31.2. The van der Waals surface area contributed by atoms with Crippen molar-refractivity contribution < 1.29 is 55.2 Å². The Kier molecular flexibility index (Phi) is 15.8. The van der Waals surface area contributed by atoms with Gasteiger partial charge in [-0.1, -0.05) is 0 Å². The molecule has 0 aliphatic carbocycles. The largest absolute Gasteiger partial charge is 0.591 e. The van der Waals surface area contributed by atoms with Gasteiger partial charge in [0, 0.05) is 0 Å². The number of ether oxygens (including phenoxy) is 2. The third-order valence-corrected chi connectivity index (χ3v) is 10.1. The molecule has 2 heterocycles. The Morgan fingerprint density at radius 2 is 1.14 bits per heavy atom. The lowest BCUT2D eigenvalue weighted by atomic mass is 10.8. The van der Waals surface area contributed by atoms with E-state index in [1.807, 2.05) is 0 Å². The van der Waals surface area contributed by atoms with Crippen LogP contribution in [-0.2, 0) is 40.8 Å². The average molecular weight is 675 g/mol. The monoisotopic (exact) mass is 675 g/mol. The molecule has 18 nitrogen and oxygen atoms in total. The minimum Gasteiger partial charge on any atom is -0.460 e. The van der Waals surface area contributed by atoms with Gasteiger partial charge >= 0.3 is 40.8 Å². The molecule has 0 saturated heterocycles. The minimum atomic E-state index is -4.07. The fourth-order valence-corrected chi connectivity index (χ4v) is 7.20. The molecule has 2 aromatic heterocycles. The van der Waals surface area contributed by atoms with E-state index in [-0.39, 0.29) is 70.0 Å². The van der Waals surface area contributed by atoms with E-state index in [1.165, 1.54) is 0 Å². The molecule has 0 radical (unpaired) electrons. The Labute approximate surface area is 245 Å². The van der Waals surface area contributed by atoms with Crippen LogP contribution in [0.5, 0.6) is 12.0 Å². The summed E-state index contributed by atoms with van der Waals surface area (Å²) in [6.07, 6.45) is 0. The van der Waals surface area contributed by atoms with Crippen LogP contribution in [0.3, 0.4) is 0 Å². The molecule has 2 unspecified atom stereocenters. The van der Waals surface area contributed by atoms with E-state index in [9.17, 15) is 18.6 Å². The topological polar surface area (TPSA) is 223 Å². The smallest absolute Gasteiger partial charge is 0.460 e. The van der Waals surface area contributed by atoms with Crippen LogP contribution >= 0.6 is 31.6 Å². The predicted molar refractivity (Wildman–Crippen MR) is 151 cm³/mol. The molecule has 42 heavy (non-hydrogen) atoms. The Morgan fingerprint density at radius 3 is 1.57 bits per heavy atom. The second-order valence-corrected chi connectivity index (χ2v) is 13.4. The fraction of sp³-hybridized carbons (Fsp3) is 0.700. The molecule has 0 spiro atoms. The van der Waals surface area contributed by atoms with Gasteiger partial charge in [0.2, 0.25) is 25.1 Å². The molecule has 0 bridgehead atoms. The Morgan fingerprint density at radius 1 is 0.667 bits per heavy atom. The highest BCUT2D eigenvalue weighted by Gasteiger charge is 2.38. The molecule has 236 valence electrons. The molecule has 0 fully saturated rings. The summed E-state index contributed by atoms with van der Waals surface area (Å²) < 4.78 is 81.7. The Balaban J connectivity index is 2.35. The number of nitrogens with zero attached hydrogens (tertiary/aromatic N) is 6. The third-order valence-electron chi connectivity index (χ3n) is 4.25. The first kappa shape index (κ1) is 36.5. The maximum Gasteiger partial charge on any atom is 0.591 e. The third kappa shape index (κ3) is 10.5. The van der Waals surface area contributed by atoms with Gasteiger partial charge in [0.05, 0.1) is 33.0 Å². The molecule has 22 heteroatoms. The first-order valence-corrected chi connectivity index (χ1v) is 18.4. The van der Waals surface area contributed by atoms with E-state index in [1.54, 1.807) is 41.5 Å². The number of hydrogen-bond acceptors (Lipinski definition) is 18. The fourth-order valence-electron chi connectivity index (χ4n) is 2.82. The van der Waals surface area contributed by atoms with Crippen molar-refractivity contribution in [2.24, 2.45) is 0 Å². The summed E-state index contributed by atoms with van der Waals surface area (Å²) in [5.74, 6) is 0. The van der Waals surface area contributed by atoms with Crippen LogP contribution in [0, 0.1) is 0 Å². The highest BCUT2D eigenvalue weighted by Crippen LogP contribution is 2.48. The number of aromatic nitrogens is 6. The first-order valence-electron chi connectivity index (χ1n) is 12.9. The maximum atomic E-state index is 13.4. The van der Waals surface area contributed by atoms with Crippen LogP contribution in [-0.4, -0.2) is 87.7 Å². The lowest BCUT2D eigenvalue weighted by molar-refractivity contribution is 0.195. The standard InChI is InChI=1S/C20H35N6O12P4/c1-7-33-39(27)17-21-15(22-18(25-17)40(28)34-8-2)31-13-14-32-16-23-19(41(29,35-9-3)36-10-4)26-20(24-16)42(30,37-11-5)38-12-6/h27H,7-14H2,1-6H3/q+1. The average Bonchev–Trinajstić information content (AvgIpc) is 2.96. The van der Waals surface area contributed by atoms with Crippen molar-refractivity contribution in [3.05, 3.63) is 0 Å². The van der Waals surface area contributed by atoms with Gasteiger partial charge in [-0.05, 0) is 46.1 Å². The van der Waals surface area contributed by atoms with Crippen molar-refractivity contribution in [2.75, 3.05) is 52.9 Å². The molecule has 0 amide bonds. The second kappa shape index (κ2) is 18.2. The Hall–Kier alpha value is -1.67. The summed E-state index contributed by atoms with van der Waals surface area (Å²) >= 11 is 0. The van der Waals surface area contributed by atoms with Crippen LogP contribution in [0.1, 0.15) is 41.5 Å². The lowest BCUT2D eigenvalue weighted by Crippen LogP contribution is -2.31. The van der Waals surface area contributed by atoms with E-state index in [2.05, 4.69) is 29.9 Å². The van der Waals surface area contributed by atoms with Crippen molar-refractivity contribution >= 4 is 53.9 Å². The molecule has 0 aliphatic rings. The van der Waals surface area contributed by atoms with Crippen molar-refractivity contribution in [3.63, 3.8) is 0 Å². The van der Waals surface area contributed by atoms with Gasteiger partial charge in [-0.15, -0.1) is 9.51 Å². The molecule has 2 aromatic rings. The van der Waals surface area contributed by atoms with E-state index < -0.39 is 48.7 Å². The summed E-state index contributed by atoms with van der Waals surface area (Å²) in [6, 6.07) is -0.682. The number of hydrogen-bond donors (Lipinski definition) is 1. The second-order valence-electron chi connectivity index (χ2n) is 7.16. The molecule has 0 saturated carbocycles. The van der Waals surface area contributed by atoms with Crippen LogP contribution in [0.25, 0.3) is 0 Å². The highest BCUT2D eigenvalue weighted by atomic mass is 31.2. The summed E-state index contributed by atoms with van der Waals surface area (Å²) in [7, 11) is -12.8. The molecule has 2 atom stereocenters. The van der Waals surface area contributed by atoms with Gasteiger partial charge in [-0.3, -0.25) is 9.13 Å². The van der Waals surface area contributed by atoms with Crippen LogP contribution in [0.2, 0.25) is 0 Å². The van der Waals surface area contributed by atoms with E-state index >= 15 is 0 Å². The first-order chi connectivity index (χ1) is 20.1. The van der Waals surface area contributed by atoms with Crippen LogP contribution in [0.4, 0.5) is 0 Å². The van der Waals surface area contributed by atoms with Gasteiger partial charge < -0.3 is 37.0 Å². The van der Waals surface area contributed by atoms with E-state index in [4.69, 9.17) is 36.6 Å². The van der Waals surface area contributed by atoms with Crippen LogP contribution in [0.15, 0.2) is 0 Å². The zero-order valence-corrected chi connectivity index (χ0v) is 27.6. The highest BCUT2D eigenvalue weighted by molar-refractivity contribution is 7.63. The Bertz CT molecular complexity index is 1190. The molecular weight excluding hydrogens is 640 g/mol. The summed E-state index contributed by atoms with van der Waals surface area (Å²) in [4.78, 5) is 34.3. The normalized spacial score (nSPS) is 13.2. The molecular formula is C20H35N6O12P4+. The van der Waals surface area contributed by atoms with Crippen molar-refractivity contribution in [3.8, 4) is 12.0 Å². The van der Waals surface area contributed by atoms with Gasteiger partial charge in [0.15, 0.2) is 0 Å². The van der Waals surface area contributed by atoms with Gasteiger partial charge in [-0.2, -0.15) is 24.9 Å².